The lowest BCUT2D eigenvalue weighted by Gasteiger charge is -2.32. The first-order valence-electron chi connectivity index (χ1n) is 11.5. The van der Waals surface area contributed by atoms with Crippen LogP contribution >= 0.6 is 0 Å². The van der Waals surface area contributed by atoms with Gasteiger partial charge in [0.05, 0.1) is 35.5 Å². The van der Waals surface area contributed by atoms with Crippen LogP contribution in [0.25, 0.3) is 0 Å². The van der Waals surface area contributed by atoms with E-state index in [0.29, 0.717) is 36.4 Å². The molecule has 0 saturated heterocycles. The number of rotatable bonds is 5. The van der Waals surface area contributed by atoms with Gasteiger partial charge in [0, 0.05) is 37.3 Å². The summed E-state index contributed by atoms with van der Waals surface area (Å²) >= 11 is 0. The molecule has 0 fully saturated rings. The molecule has 184 valence electrons. The van der Waals surface area contributed by atoms with E-state index in [9.17, 15) is 8.42 Å². The molecule has 11 heteroatoms. The first-order chi connectivity index (χ1) is 16.6. The average molecular weight is 496 g/mol. The van der Waals surface area contributed by atoms with Gasteiger partial charge in [0.25, 0.3) is 0 Å². The van der Waals surface area contributed by atoms with Crippen molar-refractivity contribution in [3.63, 3.8) is 0 Å². The lowest BCUT2D eigenvalue weighted by Crippen LogP contribution is -2.32. The second-order valence-corrected chi connectivity index (χ2v) is 11.9. The molecule has 5 rings (SSSR count). The Morgan fingerprint density at radius 1 is 1.20 bits per heavy atom. The van der Waals surface area contributed by atoms with E-state index in [1.807, 2.05) is 12.4 Å². The monoisotopic (exact) mass is 495 g/mol. The second kappa shape index (κ2) is 8.63. The van der Waals surface area contributed by atoms with Gasteiger partial charge in [0.2, 0.25) is 11.8 Å². The topological polar surface area (TPSA) is 122 Å². The van der Waals surface area contributed by atoms with Crippen molar-refractivity contribution in [2.24, 2.45) is 0 Å². The van der Waals surface area contributed by atoms with Crippen LogP contribution in [0, 0.1) is 6.92 Å². The smallest absolute Gasteiger partial charge is 0.237 e. The van der Waals surface area contributed by atoms with Crippen LogP contribution in [-0.2, 0) is 27.5 Å². The molecule has 0 bridgehead atoms. The number of nitrogens with zero attached hydrogens (tertiary/aromatic N) is 5. The molecule has 0 radical (unpaired) electrons. The lowest BCUT2D eigenvalue weighted by molar-refractivity contribution is 0.310. The predicted molar refractivity (Wildman–Crippen MR) is 135 cm³/mol. The van der Waals surface area contributed by atoms with Gasteiger partial charge in [-0.2, -0.15) is 0 Å². The quantitative estimate of drug-likeness (QED) is 0.546. The van der Waals surface area contributed by atoms with Crippen molar-refractivity contribution in [3.05, 3.63) is 53.2 Å². The summed E-state index contributed by atoms with van der Waals surface area (Å²) in [7, 11) is -3.40. The molecule has 2 N–H and O–H groups in total. The maximum Gasteiger partial charge on any atom is 0.237 e. The summed E-state index contributed by atoms with van der Waals surface area (Å²) in [5, 5.41) is 6.60. The fourth-order valence-electron chi connectivity index (χ4n) is 4.38. The first kappa shape index (κ1) is 23.3. The molecule has 0 unspecified atom stereocenters. The Morgan fingerprint density at radius 2 is 2.03 bits per heavy atom. The minimum atomic E-state index is -3.40. The minimum absolute atomic E-state index is 0.402. The van der Waals surface area contributed by atoms with Crippen LogP contribution in [0.15, 0.2) is 30.7 Å². The molecule has 0 atom stereocenters. The summed E-state index contributed by atoms with van der Waals surface area (Å²) in [5.41, 5.74) is 6.11. The standard InChI is InChI=1S/C24H29N7O3S/c1-15-19(13-27-22-20(15)25-9-11-34-22)31-10-7-16-12-28-23(30-18(16)14-31)29-17-6-5-8-26-21(17)24(2,3)35(4,32)33/h5-6,8,12-13,25H,7,9-11,14H2,1-4H3,(H,28,29,30). The van der Waals surface area contributed by atoms with E-state index in [1.165, 1.54) is 6.26 Å². The van der Waals surface area contributed by atoms with Crippen molar-refractivity contribution >= 4 is 32.8 Å². The third-order valence-electron chi connectivity index (χ3n) is 6.76. The zero-order valence-electron chi connectivity index (χ0n) is 20.3. The molecule has 0 spiro atoms. The zero-order valence-corrected chi connectivity index (χ0v) is 21.1. The molecule has 0 saturated carbocycles. The molecule has 3 aromatic heterocycles. The van der Waals surface area contributed by atoms with Crippen LogP contribution in [0.1, 0.15) is 36.4 Å². The highest BCUT2D eigenvalue weighted by Crippen LogP contribution is 2.37. The molecule has 3 aromatic rings. The normalized spacial score (nSPS) is 15.5. The summed E-state index contributed by atoms with van der Waals surface area (Å²) in [6.45, 7) is 8.20. The van der Waals surface area contributed by atoms with E-state index in [1.54, 1.807) is 32.2 Å². The van der Waals surface area contributed by atoms with Gasteiger partial charge in [-0.25, -0.2) is 23.4 Å². The Labute approximate surface area is 205 Å². The number of pyridine rings is 2. The van der Waals surface area contributed by atoms with Gasteiger partial charge in [-0.1, -0.05) is 0 Å². The van der Waals surface area contributed by atoms with Crippen molar-refractivity contribution in [2.45, 2.75) is 38.5 Å². The fourth-order valence-corrected chi connectivity index (χ4v) is 4.89. The van der Waals surface area contributed by atoms with E-state index >= 15 is 0 Å². The molecule has 0 aliphatic carbocycles. The van der Waals surface area contributed by atoms with Crippen LogP contribution in [-0.4, -0.2) is 54.3 Å². The molecule has 5 heterocycles. The third kappa shape index (κ3) is 4.24. The highest BCUT2D eigenvalue weighted by Gasteiger charge is 2.36. The van der Waals surface area contributed by atoms with E-state index in [2.05, 4.69) is 37.4 Å². The Kier molecular flexibility index (Phi) is 5.74. The summed E-state index contributed by atoms with van der Waals surface area (Å²) in [6.07, 6.45) is 7.33. The lowest BCUT2D eigenvalue weighted by atomic mass is 10.0. The first-order valence-corrected chi connectivity index (χ1v) is 13.4. The molecule has 0 amide bonds. The summed E-state index contributed by atoms with van der Waals surface area (Å²) in [5.74, 6) is 1.05. The van der Waals surface area contributed by atoms with Gasteiger partial charge >= 0.3 is 0 Å². The summed E-state index contributed by atoms with van der Waals surface area (Å²) in [4.78, 5) is 20.4. The number of ether oxygens (including phenoxy) is 1. The number of fused-ring (bicyclic) bond motifs is 2. The Morgan fingerprint density at radius 3 is 2.83 bits per heavy atom. The van der Waals surface area contributed by atoms with E-state index in [-0.39, 0.29) is 0 Å². The molecule has 2 aliphatic rings. The maximum absolute atomic E-state index is 12.4. The second-order valence-electron chi connectivity index (χ2n) is 9.37. The largest absolute Gasteiger partial charge is 0.474 e. The van der Waals surface area contributed by atoms with Crippen LogP contribution < -0.4 is 20.3 Å². The van der Waals surface area contributed by atoms with Crippen LogP contribution in [0.2, 0.25) is 0 Å². The number of anilines is 4. The Bertz CT molecular complexity index is 1390. The zero-order chi connectivity index (χ0) is 24.8. The van der Waals surface area contributed by atoms with Gasteiger partial charge in [-0.3, -0.25) is 4.98 Å². The molecular formula is C24H29N7O3S. The van der Waals surface area contributed by atoms with Crippen molar-refractivity contribution in [3.8, 4) is 5.88 Å². The fraction of sp³-hybridized carbons (Fsp3) is 0.417. The van der Waals surface area contributed by atoms with Crippen LogP contribution in [0.4, 0.5) is 23.0 Å². The maximum atomic E-state index is 12.4. The highest BCUT2D eigenvalue weighted by atomic mass is 32.2. The highest BCUT2D eigenvalue weighted by molar-refractivity contribution is 7.91. The number of hydrogen-bond donors (Lipinski definition) is 2. The molecular weight excluding hydrogens is 466 g/mol. The van der Waals surface area contributed by atoms with Crippen molar-refractivity contribution < 1.29 is 13.2 Å². The molecule has 35 heavy (non-hydrogen) atoms. The molecule has 0 aromatic carbocycles. The number of sulfone groups is 1. The van der Waals surface area contributed by atoms with Gasteiger partial charge in [0.15, 0.2) is 9.84 Å². The van der Waals surface area contributed by atoms with Gasteiger partial charge in [-0.15, -0.1) is 0 Å². The van der Waals surface area contributed by atoms with Crippen molar-refractivity contribution in [2.75, 3.05) is 41.5 Å². The summed E-state index contributed by atoms with van der Waals surface area (Å²) < 4.78 is 29.3. The van der Waals surface area contributed by atoms with Gasteiger partial charge < -0.3 is 20.3 Å². The van der Waals surface area contributed by atoms with Crippen molar-refractivity contribution in [1.82, 2.24) is 19.9 Å². The number of hydrogen-bond acceptors (Lipinski definition) is 10. The summed E-state index contributed by atoms with van der Waals surface area (Å²) in [6, 6.07) is 3.55. The van der Waals surface area contributed by atoms with Crippen LogP contribution in [0.3, 0.4) is 0 Å². The Hall–Kier alpha value is -3.47. The number of aromatic nitrogens is 4. The van der Waals surface area contributed by atoms with Crippen molar-refractivity contribution in [1.29, 1.82) is 0 Å². The van der Waals surface area contributed by atoms with E-state index in [4.69, 9.17) is 9.72 Å². The average Bonchev–Trinajstić information content (AvgIpc) is 2.83. The third-order valence-corrected chi connectivity index (χ3v) is 8.81. The predicted octanol–water partition coefficient (Wildman–Crippen LogP) is 2.97. The number of nitrogens with one attached hydrogen (secondary N) is 2. The van der Waals surface area contributed by atoms with Crippen LogP contribution in [0.5, 0.6) is 5.88 Å². The molecule has 10 nitrogen and oxygen atoms in total. The van der Waals surface area contributed by atoms with Gasteiger partial charge in [-0.05, 0) is 44.9 Å². The minimum Gasteiger partial charge on any atom is -0.474 e. The van der Waals surface area contributed by atoms with E-state index in [0.717, 1.165) is 47.7 Å². The van der Waals surface area contributed by atoms with Gasteiger partial charge in [0.1, 0.15) is 17.0 Å². The molecule has 2 aliphatic heterocycles. The Balaban J connectivity index is 1.43. The SMILES string of the molecule is Cc1c(N2CCc3cnc(Nc4cccnc4C(C)(C)S(C)(=O)=O)nc3C2)cnc2c1NCCO2. The van der Waals surface area contributed by atoms with E-state index < -0.39 is 14.6 Å².